The van der Waals surface area contributed by atoms with E-state index < -0.39 is 0 Å². The number of para-hydroxylation sites is 1. The third kappa shape index (κ3) is 1.70. The lowest BCUT2D eigenvalue weighted by Gasteiger charge is -2.08. The molecule has 0 radical (unpaired) electrons. The molecular weight excluding hydrogens is 208 g/mol. The highest BCUT2D eigenvalue weighted by Gasteiger charge is 2.11. The van der Waals surface area contributed by atoms with Crippen LogP contribution in [0.15, 0.2) is 29.6 Å². The zero-order valence-electron chi connectivity index (χ0n) is 8.65. The van der Waals surface area contributed by atoms with Gasteiger partial charge in [0.25, 0.3) is 0 Å². The van der Waals surface area contributed by atoms with Gasteiger partial charge in [-0.3, -0.25) is 0 Å². The van der Waals surface area contributed by atoms with Crippen molar-refractivity contribution in [3.8, 4) is 22.6 Å². The van der Waals surface area contributed by atoms with E-state index in [2.05, 4.69) is 0 Å². The summed E-state index contributed by atoms with van der Waals surface area (Å²) >= 11 is 1.67. The Morgan fingerprint density at radius 3 is 2.60 bits per heavy atom. The average molecular weight is 220 g/mol. The summed E-state index contributed by atoms with van der Waals surface area (Å²) < 4.78 is 5.08. The number of phenols is 1. The van der Waals surface area contributed by atoms with Crippen LogP contribution in [0.2, 0.25) is 0 Å². The number of rotatable bonds is 2. The van der Waals surface area contributed by atoms with Crippen LogP contribution >= 0.6 is 11.3 Å². The molecule has 0 fully saturated rings. The van der Waals surface area contributed by atoms with E-state index in [0.29, 0.717) is 5.75 Å². The summed E-state index contributed by atoms with van der Waals surface area (Å²) in [7, 11) is 1.55. The largest absolute Gasteiger partial charge is 0.504 e. The molecule has 1 aromatic heterocycles. The van der Waals surface area contributed by atoms with Crippen molar-refractivity contribution >= 4 is 11.3 Å². The standard InChI is InChI=1S/C12H12O2S/c1-8-9(6-7-15-8)10-4-3-5-11(14-2)12(10)13/h3-7,13H,1-2H3. The Balaban J connectivity index is 2.59. The fourth-order valence-corrected chi connectivity index (χ4v) is 2.28. The molecule has 1 aromatic carbocycles. The van der Waals surface area contributed by atoms with E-state index in [1.54, 1.807) is 24.5 Å². The van der Waals surface area contributed by atoms with Crippen molar-refractivity contribution in [1.29, 1.82) is 0 Å². The van der Waals surface area contributed by atoms with E-state index >= 15 is 0 Å². The van der Waals surface area contributed by atoms with E-state index in [4.69, 9.17) is 4.74 Å². The third-order valence-electron chi connectivity index (χ3n) is 2.37. The second kappa shape index (κ2) is 3.95. The molecule has 0 unspecified atom stereocenters. The van der Waals surface area contributed by atoms with Gasteiger partial charge >= 0.3 is 0 Å². The second-order valence-corrected chi connectivity index (χ2v) is 4.37. The van der Waals surface area contributed by atoms with Gasteiger partial charge in [0.05, 0.1) is 7.11 Å². The molecule has 2 rings (SSSR count). The van der Waals surface area contributed by atoms with Crippen molar-refractivity contribution in [2.75, 3.05) is 7.11 Å². The van der Waals surface area contributed by atoms with E-state index in [1.807, 2.05) is 30.5 Å². The van der Waals surface area contributed by atoms with Crippen molar-refractivity contribution in [3.05, 3.63) is 34.5 Å². The van der Waals surface area contributed by atoms with Crippen LogP contribution < -0.4 is 4.74 Å². The molecule has 2 aromatic rings. The Kier molecular flexibility index (Phi) is 2.64. The second-order valence-electron chi connectivity index (χ2n) is 3.25. The van der Waals surface area contributed by atoms with Gasteiger partial charge in [0.15, 0.2) is 11.5 Å². The van der Waals surface area contributed by atoms with Crippen molar-refractivity contribution in [2.45, 2.75) is 6.92 Å². The lowest BCUT2D eigenvalue weighted by molar-refractivity contribution is 0.374. The van der Waals surface area contributed by atoms with E-state index in [-0.39, 0.29) is 5.75 Å². The SMILES string of the molecule is COc1cccc(-c2ccsc2C)c1O. The highest BCUT2D eigenvalue weighted by molar-refractivity contribution is 7.10. The lowest BCUT2D eigenvalue weighted by Crippen LogP contribution is -1.85. The molecule has 0 saturated carbocycles. The van der Waals surface area contributed by atoms with Gasteiger partial charge in [0, 0.05) is 10.4 Å². The van der Waals surface area contributed by atoms with Crippen molar-refractivity contribution < 1.29 is 9.84 Å². The van der Waals surface area contributed by atoms with Gasteiger partial charge in [-0.05, 0) is 30.0 Å². The highest BCUT2D eigenvalue weighted by atomic mass is 32.1. The van der Waals surface area contributed by atoms with Crippen LogP contribution in [0.25, 0.3) is 11.1 Å². The highest BCUT2D eigenvalue weighted by Crippen LogP contribution is 2.39. The fraction of sp³-hybridized carbons (Fsp3) is 0.167. The van der Waals surface area contributed by atoms with Crippen molar-refractivity contribution in [1.82, 2.24) is 0 Å². The van der Waals surface area contributed by atoms with Crippen LogP contribution in [0.1, 0.15) is 4.88 Å². The van der Waals surface area contributed by atoms with Crippen molar-refractivity contribution in [3.63, 3.8) is 0 Å². The van der Waals surface area contributed by atoms with Gasteiger partial charge in [-0.25, -0.2) is 0 Å². The Hall–Kier alpha value is -1.48. The first-order valence-corrected chi connectivity index (χ1v) is 5.52. The number of thiophene rings is 1. The molecule has 78 valence electrons. The van der Waals surface area contributed by atoms with Gasteiger partial charge in [-0.1, -0.05) is 12.1 Å². The summed E-state index contributed by atoms with van der Waals surface area (Å²) in [5.41, 5.74) is 1.89. The number of benzene rings is 1. The number of hydrogen-bond acceptors (Lipinski definition) is 3. The summed E-state index contributed by atoms with van der Waals surface area (Å²) in [4.78, 5) is 1.19. The first kappa shape index (κ1) is 10.1. The Bertz CT molecular complexity index is 474. The molecule has 0 atom stereocenters. The van der Waals surface area contributed by atoms with E-state index in [9.17, 15) is 5.11 Å². The predicted molar refractivity (Wildman–Crippen MR) is 62.7 cm³/mol. The minimum absolute atomic E-state index is 0.210. The normalized spacial score (nSPS) is 10.3. The molecular formula is C12H12O2S. The molecule has 0 amide bonds. The molecule has 2 nitrogen and oxygen atoms in total. The summed E-state index contributed by atoms with van der Waals surface area (Å²) in [5, 5.41) is 12.0. The molecule has 1 N–H and O–H groups in total. The number of hydrogen-bond donors (Lipinski definition) is 1. The molecule has 3 heteroatoms. The molecule has 0 spiro atoms. The number of aryl methyl sites for hydroxylation is 1. The van der Waals surface area contributed by atoms with Crippen molar-refractivity contribution in [2.24, 2.45) is 0 Å². The summed E-state index contributed by atoms with van der Waals surface area (Å²) in [5.74, 6) is 0.722. The molecule has 0 aliphatic carbocycles. The molecule has 15 heavy (non-hydrogen) atoms. The Labute approximate surface area is 92.8 Å². The molecule has 1 heterocycles. The molecule has 0 bridgehead atoms. The smallest absolute Gasteiger partial charge is 0.165 e. The zero-order chi connectivity index (χ0) is 10.8. The third-order valence-corrected chi connectivity index (χ3v) is 3.21. The van der Waals surface area contributed by atoms with E-state index in [1.165, 1.54) is 4.88 Å². The predicted octanol–water partition coefficient (Wildman–Crippen LogP) is 3.44. The summed E-state index contributed by atoms with van der Waals surface area (Å²) in [6, 6.07) is 7.53. The number of methoxy groups -OCH3 is 1. The number of aromatic hydroxyl groups is 1. The topological polar surface area (TPSA) is 29.5 Å². The maximum absolute atomic E-state index is 9.96. The van der Waals surface area contributed by atoms with Gasteiger partial charge in [0.1, 0.15) is 0 Å². The molecule has 0 saturated heterocycles. The van der Waals surface area contributed by atoms with E-state index in [0.717, 1.165) is 11.1 Å². The van der Waals surface area contributed by atoms with Crippen LogP contribution in [0.3, 0.4) is 0 Å². The van der Waals surface area contributed by atoms with Crippen LogP contribution in [0.4, 0.5) is 0 Å². The average Bonchev–Trinajstić information content (AvgIpc) is 2.65. The van der Waals surface area contributed by atoms with Gasteiger partial charge in [-0.15, -0.1) is 11.3 Å². The quantitative estimate of drug-likeness (QED) is 0.840. The fourth-order valence-electron chi connectivity index (χ4n) is 1.57. The van der Waals surface area contributed by atoms with Gasteiger partial charge in [0.2, 0.25) is 0 Å². The minimum Gasteiger partial charge on any atom is -0.504 e. The Morgan fingerprint density at radius 1 is 1.20 bits per heavy atom. The Morgan fingerprint density at radius 2 is 2.00 bits per heavy atom. The van der Waals surface area contributed by atoms with Crippen LogP contribution in [-0.4, -0.2) is 12.2 Å². The summed E-state index contributed by atoms with van der Waals surface area (Å²) in [6.07, 6.45) is 0. The first-order chi connectivity index (χ1) is 7.24. The first-order valence-electron chi connectivity index (χ1n) is 4.64. The van der Waals surface area contributed by atoms with Gasteiger partial charge < -0.3 is 9.84 Å². The van der Waals surface area contributed by atoms with Crippen LogP contribution in [-0.2, 0) is 0 Å². The van der Waals surface area contributed by atoms with Gasteiger partial charge in [-0.2, -0.15) is 0 Å². The summed E-state index contributed by atoms with van der Waals surface area (Å²) in [6.45, 7) is 2.04. The molecule has 0 aliphatic rings. The van der Waals surface area contributed by atoms with Crippen LogP contribution in [0.5, 0.6) is 11.5 Å². The number of phenolic OH excluding ortho intramolecular Hbond substituents is 1. The minimum atomic E-state index is 0.210. The maximum atomic E-state index is 9.96. The zero-order valence-corrected chi connectivity index (χ0v) is 9.47. The maximum Gasteiger partial charge on any atom is 0.165 e. The lowest BCUT2D eigenvalue weighted by atomic mass is 10.1. The van der Waals surface area contributed by atoms with Crippen LogP contribution in [0, 0.1) is 6.92 Å². The number of ether oxygens (including phenoxy) is 1. The molecule has 0 aliphatic heterocycles. The monoisotopic (exact) mass is 220 g/mol.